The van der Waals surface area contributed by atoms with E-state index >= 15 is 0 Å². The fraction of sp³-hybridized carbons (Fsp3) is 0.435. The van der Waals surface area contributed by atoms with E-state index in [0.29, 0.717) is 24.7 Å². The van der Waals surface area contributed by atoms with Gasteiger partial charge in [0.05, 0.1) is 18.8 Å². The van der Waals surface area contributed by atoms with Crippen molar-refractivity contribution in [3.63, 3.8) is 0 Å². The second kappa shape index (κ2) is 11.0. The minimum Gasteiger partial charge on any atom is -0.381 e. The van der Waals surface area contributed by atoms with Crippen LogP contribution in [0, 0.1) is 11.6 Å². The Hall–Kier alpha value is -2.51. The Morgan fingerprint density at radius 2 is 1.80 bits per heavy atom. The minimum atomic E-state index is -0.856. The normalized spacial score (nSPS) is 16.3. The average Bonchev–Trinajstić information content (AvgIpc) is 2.78. The summed E-state index contributed by atoms with van der Waals surface area (Å²) < 4.78 is 37.9. The SMILES string of the molecule is CN=C(NCc1ccc(COC2CCOCC2)cc1)NC(C)c1ccc(F)c(F)c1. The topological polar surface area (TPSA) is 54.9 Å². The van der Waals surface area contributed by atoms with Crippen LogP contribution in [0.1, 0.15) is 42.5 Å². The maximum absolute atomic E-state index is 13.5. The van der Waals surface area contributed by atoms with Crippen LogP contribution in [-0.2, 0) is 22.6 Å². The van der Waals surface area contributed by atoms with E-state index in [1.807, 2.05) is 6.92 Å². The number of nitrogens with zero attached hydrogens (tertiary/aromatic N) is 1. The predicted octanol–water partition coefficient (Wildman–Crippen LogP) is 4.09. The number of halogens is 2. The number of guanidine groups is 1. The van der Waals surface area contributed by atoms with Crippen LogP contribution in [0.4, 0.5) is 8.78 Å². The first-order chi connectivity index (χ1) is 14.5. The quantitative estimate of drug-likeness (QED) is 0.526. The molecule has 1 heterocycles. The molecule has 162 valence electrons. The first-order valence-corrected chi connectivity index (χ1v) is 10.2. The van der Waals surface area contributed by atoms with Gasteiger partial charge in [-0.05, 0) is 48.6 Å². The van der Waals surface area contributed by atoms with Gasteiger partial charge in [0, 0.05) is 26.8 Å². The van der Waals surface area contributed by atoms with Crippen LogP contribution >= 0.6 is 0 Å². The summed E-state index contributed by atoms with van der Waals surface area (Å²) in [6.45, 7) is 4.62. The van der Waals surface area contributed by atoms with Gasteiger partial charge in [-0.15, -0.1) is 0 Å². The third-order valence-corrected chi connectivity index (χ3v) is 5.16. The first-order valence-electron chi connectivity index (χ1n) is 10.2. The predicted molar refractivity (Wildman–Crippen MR) is 113 cm³/mol. The van der Waals surface area contributed by atoms with Gasteiger partial charge < -0.3 is 20.1 Å². The molecule has 1 unspecified atom stereocenters. The third-order valence-electron chi connectivity index (χ3n) is 5.16. The highest BCUT2D eigenvalue weighted by molar-refractivity contribution is 5.80. The van der Waals surface area contributed by atoms with Crippen molar-refractivity contribution < 1.29 is 18.3 Å². The van der Waals surface area contributed by atoms with E-state index in [9.17, 15) is 8.78 Å². The lowest BCUT2D eigenvalue weighted by Gasteiger charge is -2.22. The molecular weight excluding hydrogens is 388 g/mol. The number of benzene rings is 2. The maximum Gasteiger partial charge on any atom is 0.191 e. The lowest BCUT2D eigenvalue weighted by atomic mass is 10.1. The van der Waals surface area contributed by atoms with Gasteiger partial charge in [0.1, 0.15) is 0 Å². The summed E-state index contributed by atoms with van der Waals surface area (Å²) in [6.07, 6.45) is 2.19. The first kappa shape index (κ1) is 22.2. The Morgan fingerprint density at radius 3 is 2.47 bits per heavy atom. The van der Waals surface area contributed by atoms with Gasteiger partial charge in [-0.2, -0.15) is 0 Å². The maximum atomic E-state index is 13.5. The number of nitrogens with one attached hydrogen (secondary N) is 2. The van der Waals surface area contributed by atoms with Gasteiger partial charge in [-0.3, -0.25) is 4.99 Å². The van der Waals surface area contributed by atoms with Crippen LogP contribution in [-0.4, -0.2) is 32.3 Å². The highest BCUT2D eigenvalue weighted by Gasteiger charge is 2.14. The summed E-state index contributed by atoms with van der Waals surface area (Å²) in [5, 5.41) is 6.43. The van der Waals surface area contributed by atoms with Gasteiger partial charge in [-0.1, -0.05) is 30.3 Å². The summed E-state index contributed by atoms with van der Waals surface area (Å²) in [5.74, 6) is -1.13. The lowest BCUT2D eigenvalue weighted by Crippen LogP contribution is -2.38. The molecule has 1 atom stereocenters. The number of ether oxygens (including phenoxy) is 2. The number of hydrogen-bond acceptors (Lipinski definition) is 3. The molecule has 1 aliphatic rings. The molecular formula is C23H29F2N3O2. The number of hydrogen-bond donors (Lipinski definition) is 2. The van der Waals surface area contributed by atoms with Crippen molar-refractivity contribution in [1.82, 2.24) is 10.6 Å². The third kappa shape index (κ3) is 6.50. The van der Waals surface area contributed by atoms with Crippen LogP contribution in [0.5, 0.6) is 0 Å². The van der Waals surface area contributed by atoms with E-state index in [1.165, 1.54) is 6.07 Å². The molecule has 0 aromatic heterocycles. The van der Waals surface area contributed by atoms with Crippen molar-refractivity contribution in [3.05, 3.63) is 70.8 Å². The molecule has 0 radical (unpaired) electrons. The van der Waals surface area contributed by atoms with E-state index in [2.05, 4.69) is 39.9 Å². The molecule has 0 aliphatic carbocycles. The zero-order chi connectivity index (χ0) is 21.3. The molecule has 1 aliphatic heterocycles. The van der Waals surface area contributed by atoms with Gasteiger partial charge in [0.25, 0.3) is 0 Å². The minimum absolute atomic E-state index is 0.226. The summed E-state index contributed by atoms with van der Waals surface area (Å²) in [7, 11) is 1.67. The average molecular weight is 418 g/mol. The standard InChI is InChI=1S/C23H29F2N3O2/c1-16(19-7-8-21(24)22(25)13-19)28-23(26-2)27-14-17-3-5-18(6-4-17)15-30-20-9-11-29-12-10-20/h3-8,13,16,20H,9-12,14-15H2,1-2H3,(H2,26,27,28). The van der Waals surface area contributed by atoms with Crippen LogP contribution < -0.4 is 10.6 Å². The summed E-state index contributed by atoms with van der Waals surface area (Å²) in [4.78, 5) is 4.20. The molecule has 30 heavy (non-hydrogen) atoms. The van der Waals surface area contributed by atoms with Crippen molar-refractivity contribution in [3.8, 4) is 0 Å². The Balaban J connectivity index is 1.46. The van der Waals surface area contributed by atoms with E-state index in [4.69, 9.17) is 9.47 Å². The summed E-state index contributed by atoms with van der Waals surface area (Å²) >= 11 is 0. The van der Waals surface area contributed by atoms with Gasteiger partial charge in [-0.25, -0.2) is 8.78 Å². The van der Waals surface area contributed by atoms with Crippen molar-refractivity contribution >= 4 is 5.96 Å². The van der Waals surface area contributed by atoms with Gasteiger partial charge in [0.15, 0.2) is 17.6 Å². The molecule has 2 N–H and O–H groups in total. The Labute approximate surface area is 176 Å². The molecule has 7 heteroatoms. The Morgan fingerprint density at radius 1 is 1.10 bits per heavy atom. The molecule has 3 rings (SSSR count). The Kier molecular flexibility index (Phi) is 8.16. The van der Waals surface area contributed by atoms with Crippen molar-refractivity contribution in [2.24, 2.45) is 4.99 Å². The zero-order valence-electron chi connectivity index (χ0n) is 17.5. The molecule has 2 aromatic rings. The summed E-state index contributed by atoms with van der Waals surface area (Å²) in [6, 6.07) is 11.9. The molecule has 0 bridgehead atoms. The van der Waals surface area contributed by atoms with E-state index in [1.54, 1.807) is 13.1 Å². The molecule has 0 spiro atoms. The highest BCUT2D eigenvalue weighted by Crippen LogP contribution is 2.16. The van der Waals surface area contributed by atoms with Gasteiger partial charge in [0.2, 0.25) is 0 Å². The van der Waals surface area contributed by atoms with Crippen LogP contribution in [0.2, 0.25) is 0 Å². The van der Waals surface area contributed by atoms with E-state index < -0.39 is 11.6 Å². The van der Waals surface area contributed by atoms with E-state index in [-0.39, 0.29) is 12.1 Å². The molecule has 2 aromatic carbocycles. The van der Waals surface area contributed by atoms with Crippen LogP contribution in [0.3, 0.4) is 0 Å². The smallest absolute Gasteiger partial charge is 0.191 e. The Bertz CT molecular complexity index is 837. The lowest BCUT2D eigenvalue weighted by molar-refractivity contribution is -0.0390. The monoisotopic (exact) mass is 417 g/mol. The van der Waals surface area contributed by atoms with Crippen molar-refractivity contribution in [1.29, 1.82) is 0 Å². The molecule has 1 fully saturated rings. The second-order valence-electron chi connectivity index (χ2n) is 7.40. The van der Waals surface area contributed by atoms with E-state index in [0.717, 1.165) is 43.2 Å². The largest absolute Gasteiger partial charge is 0.381 e. The zero-order valence-corrected chi connectivity index (χ0v) is 17.5. The fourth-order valence-electron chi connectivity index (χ4n) is 3.26. The number of rotatable bonds is 7. The van der Waals surface area contributed by atoms with Crippen LogP contribution in [0.25, 0.3) is 0 Å². The number of aliphatic imine (C=N–C) groups is 1. The second-order valence-corrected chi connectivity index (χ2v) is 7.40. The van der Waals surface area contributed by atoms with Gasteiger partial charge >= 0.3 is 0 Å². The molecule has 1 saturated heterocycles. The molecule has 0 saturated carbocycles. The van der Waals surface area contributed by atoms with Crippen LogP contribution in [0.15, 0.2) is 47.5 Å². The van der Waals surface area contributed by atoms with Crippen molar-refractivity contribution in [2.75, 3.05) is 20.3 Å². The molecule has 0 amide bonds. The summed E-state index contributed by atoms with van der Waals surface area (Å²) in [5.41, 5.74) is 2.89. The highest BCUT2D eigenvalue weighted by atomic mass is 19.2. The fourth-order valence-corrected chi connectivity index (χ4v) is 3.26. The molecule has 5 nitrogen and oxygen atoms in total. The van der Waals surface area contributed by atoms with Crippen molar-refractivity contribution in [2.45, 2.75) is 45.1 Å².